The lowest BCUT2D eigenvalue weighted by atomic mass is 10.0. The molecule has 2 aromatic rings. The first-order valence-corrected chi connectivity index (χ1v) is 8.97. The molecule has 2 aliphatic rings. The zero-order valence-electron chi connectivity index (χ0n) is 13.1. The minimum absolute atomic E-state index is 0.000224. The van der Waals surface area contributed by atoms with Crippen LogP contribution in [0.25, 0.3) is 10.1 Å². The minimum Gasteiger partial charge on any atom is -0.338 e. The molecular weight excluding hydrogens is 329 g/mol. The van der Waals surface area contributed by atoms with Crippen LogP contribution in [0.3, 0.4) is 0 Å². The Bertz CT molecular complexity index is 798. The molecule has 2 aliphatic heterocycles. The van der Waals surface area contributed by atoms with Crippen LogP contribution >= 0.6 is 11.3 Å². The fraction of sp³-hybridized carbons (Fsp3) is 0.412. The first kappa shape index (κ1) is 15.4. The lowest BCUT2D eigenvalue weighted by Gasteiger charge is -2.35. The van der Waals surface area contributed by atoms with Crippen LogP contribution in [-0.2, 0) is 0 Å². The third-order valence-corrected chi connectivity index (χ3v) is 5.89. The Morgan fingerprint density at radius 1 is 1.25 bits per heavy atom. The van der Waals surface area contributed by atoms with Gasteiger partial charge in [-0.1, -0.05) is 6.07 Å². The first-order valence-electron chi connectivity index (χ1n) is 8.15. The van der Waals surface area contributed by atoms with Gasteiger partial charge < -0.3 is 15.1 Å². The summed E-state index contributed by atoms with van der Waals surface area (Å²) in [5.41, 5.74) is 0. The molecule has 2 saturated heterocycles. The molecule has 5 nitrogen and oxygen atoms in total. The summed E-state index contributed by atoms with van der Waals surface area (Å²) in [6.07, 6.45) is 1.58. The van der Waals surface area contributed by atoms with Crippen molar-refractivity contribution in [2.75, 3.05) is 26.2 Å². The van der Waals surface area contributed by atoms with E-state index in [2.05, 4.69) is 5.32 Å². The van der Waals surface area contributed by atoms with Gasteiger partial charge in [0.05, 0.1) is 4.88 Å². The van der Waals surface area contributed by atoms with Gasteiger partial charge in [0, 0.05) is 42.3 Å². The van der Waals surface area contributed by atoms with E-state index in [1.54, 1.807) is 12.1 Å². The van der Waals surface area contributed by atoms with E-state index in [-0.39, 0.29) is 23.8 Å². The number of nitrogens with one attached hydrogen (secondary N) is 1. The van der Waals surface area contributed by atoms with Crippen molar-refractivity contribution in [1.29, 1.82) is 0 Å². The molecule has 126 valence electrons. The maximum atomic E-state index is 13.8. The molecule has 0 radical (unpaired) electrons. The van der Waals surface area contributed by atoms with Crippen molar-refractivity contribution in [3.63, 3.8) is 0 Å². The molecule has 0 atom stereocenters. The van der Waals surface area contributed by atoms with Crippen LogP contribution in [0, 0.1) is 5.82 Å². The van der Waals surface area contributed by atoms with E-state index < -0.39 is 0 Å². The Hall–Kier alpha value is -2.15. The van der Waals surface area contributed by atoms with E-state index in [0.717, 1.165) is 24.1 Å². The number of amides is 3. The molecule has 3 heterocycles. The molecule has 4 rings (SSSR count). The average Bonchev–Trinajstić information content (AvgIpc) is 3.21. The second kappa shape index (κ2) is 6.05. The summed E-state index contributed by atoms with van der Waals surface area (Å²) in [5, 5.41) is 3.33. The molecule has 0 saturated carbocycles. The first-order chi connectivity index (χ1) is 11.6. The van der Waals surface area contributed by atoms with Crippen LogP contribution in [-0.4, -0.2) is 54.0 Å². The van der Waals surface area contributed by atoms with Gasteiger partial charge in [-0.2, -0.15) is 0 Å². The molecule has 3 amide bonds. The van der Waals surface area contributed by atoms with Crippen LogP contribution in [0.4, 0.5) is 9.18 Å². The van der Waals surface area contributed by atoms with E-state index in [1.165, 1.54) is 17.4 Å². The van der Waals surface area contributed by atoms with Crippen molar-refractivity contribution in [1.82, 2.24) is 15.1 Å². The molecular formula is C17H18FN3O2S. The van der Waals surface area contributed by atoms with Crippen molar-refractivity contribution in [2.24, 2.45) is 0 Å². The average molecular weight is 347 g/mol. The van der Waals surface area contributed by atoms with Gasteiger partial charge in [0.2, 0.25) is 0 Å². The number of urea groups is 1. The van der Waals surface area contributed by atoms with Crippen molar-refractivity contribution in [2.45, 2.75) is 18.9 Å². The standard InChI is InChI=1S/C17H18FN3O2S/c18-13-2-1-3-14-12(13)10-15(24-14)16(22)20-7-4-11(5-8-20)21-9-6-19-17(21)23/h1-3,10-11H,4-9H2,(H,19,23). The number of halogens is 1. The quantitative estimate of drug-likeness (QED) is 0.908. The van der Waals surface area contributed by atoms with Gasteiger partial charge in [-0.3, -0.25) is 4.79 Å². The largest absolute Gasteiger partial charge is 0.338 e. The Morgan fingerprint density at radius 3 is 2.71 bits per heavy atom. The van der Waals surface area contributed by atoms with E-state index in [4.69, 9.17) is 0 Å². The Balaban J connectivity index is 1.45. The zero-order valence-corrected chi connectivity index (χ0v) is 13.9. The van der Waals surface area contributed by atoms with Crippen LogP contribution in [0.2, 0.25) is 0 Å². The summed E-state index contributed by atoms with van der Waals surface area (Å²) in [5.74, 6) is -0.332. The summed E-state index contributed by atoms with van der Waals surface area (Å²) in [4.78, 5) is 28.7. The summed E-state index contributed by atoms with van der Waals surface area (Å²) in [6.45, 7) is 2.70. The monoisotopic (exact) mass is 347 g/mol. The lowest BCUT2D eigenvalue weighted by Crippen LogP contribution is -2.47. The highest BCUT2D eigenvalue weighted by atomic mass is 32.1. The van der Waals surface area contributed by atoms with Crippen LogP contribution in [0.15, 0.2) is 24.3 Å². The second-order valence-corrected chi connectivity index (χ2v) is 7.29. The highest BCUT2D eigenvalue weighted by Crippen LogP contribution is 2.29. The highest BCUT2D eigenvalue weighted by molar-refractivity contribution is 7.20. The molecule has 24 heavy (non-hydrogen) atoms. The number of hydrogen-bond acceptors (Lipinski definition) is 3. The molecule has 0 bridgehead atoms. The summed E-state index contributed by atoms with van der Waals surface area (Å²) < 4.78 is 14.6. The van der Waals surface area contributed by atoms with Gasteiger partial charge in [0.15, 0.2) is 0 Å². The van der Waals surface area contributed by atoms with Crippen molar-refractivity contribution >= 4 is 33.4 Å². The van der Waals surface area contributed by atoms with Gasteiger partial charge in [-0.25, -0.2) is 9.18 Å². The third-order valence-electron chi connectivity index (χ3n) is 4.80. The summed E-state index contributed by atoms with van der Waals surface area (Å²) in [6, 6.07) is 6.76. The molecule has 0 unspecified atom stereocenters. The van der Waals surface area contributed by atoms with E-state index in [9.17, 15) is 14.0 Å². The molecule has 7 heteroatoms. The van der Waals surface area contributed by atoms with E-state index >= 15 is 0 Å². The number of thiophene rings is 1. The Labute approximate surface area is 143 Å². The molecule has 0 spiro atoms. The van der Waals surface area contributed by atoms with Crippen LogP contribution in [0.5, 0.6) is 0 Å². The summed E-state index contributed by atoms with van der Waals surface area (Å²) >= 11 is 1.33. The number of fused-ring (bicyclic) bond motifs is 1. The zero-order chi connectivity index (χ0) is 16.7. The van der Waals surface area contributed by atoms with Gasteiger partial charge in [-0.05, 0) is 31.0 Å². The predicted molar refractivity (Wildman–Crippen MR) is 90.8 cm³/mol. The highest BCUT2D eigenvalue weighted by Gasteiger charge is 2.32. The number of piperidine rings is 1. The van der Waals surface area contributed by atoms with Gasteiger partial charge in [0.1, 0.15) is 5.82 Å². The SMILES string of the molecule is O=C(c1cc2c(F)cccc2s1)N1CCC(N2CCNC2=O)CC1. The van der Waals surface area contributed by atoms with E-state index in [0.29, 0.717) is 29.9 Å². The Kier molecular flexibility index (Phi) is 3.88. The van der Waals surface area contributed by atoms with Crippen molar-refractivity contribution in [3.05, 3.63) is 35.0 Å². The number of hydrogen-bond donors (Lipinski definition) is 1. The number of rotatable bonds is 2. The maximum absolute atomic E-state index is 13.8. The predicted octanol–water partition coefficient (Wildman–Crippen LogP) is 2.67. The number of nitrogens with zero attached hydrogens (tertiary/aromatic N) is 2. The fourth-order valence-corrected chi connectivity index (χ4v) is 4.55. The van der Waals surface area contributed by atoms with Gasteiger partial charge >= 0.3 is 6.03 Å². The van der Waals surface area contributed by atoms with Crippen molar-refractivity contribution < 1.29 is 14.0 Å². The van der Waals surface area contributed by atoms with Gasteiger partial charge in [-0.15, -0.1) is 11.3 Å². The minimum atomic E-state index is -0.290. The number of likely N-dealkylation sites (tertiary alicyclic amines) is 1. The third kappa shape index (κ3) is 2.62. The normalized spacial score (nSPS) is 19.1. The number of carbonyl (C=O) groups excluding carboxylic acids is 2. The molecule has 1 aromatic heterocycles. The molecule has 2 fully saturated rings. The fourth-order valence-electron chi connectivity index (χ4n) is 3.50. The number of benzene rings is 1. The van der Waals surface area contributed by atoms with Crippen LogP contribution in [0.1, 0.15) is 22.5 Å². The molecule has 0 aliphatic carbocycles. The maximum Gasteiger partial charge on any atom is 0.317 e. The molecule has 1 aromatic carbocycles. The topological polar surface area (TPSA) is 52.7 Å². The second-order valence-electron chi connectivity index (χ2n) is 6.21. The van der Waals surface area contributed by atoms with Crippen molar-refractivity contribution in [3.8, 4) is 0 Å². The summed E-state index contributed by atoms with van der Waals surface area (Å²) in [7, 11) is 0. The molecule has 1 N–H and O–H groups in total. The van der Waals surface area contributed by atoms with E-state index in [1.807, 2.05) is 15.9 Å². The Morgan fingerprint density at radius 2 is 2.04 bits per heavy atom. The smallest absolute Gasteiger partial charge is 0.317 e. The van der Waals surface area contributed by atoms with Crippen LogP contribution < -0.4 is 5.32 Å². The lowest BCUT2D eigenvalue weighted by molar-refractivity contribution is 0.0671. The number of carbonyl (C=O) groups is 2. The van der Waals surface area contributed by atoms with Gasteiger partial charge in [0.25, 0.3) is 5.91 Å².